The quantitative estimate of drug-likeness (QED) is 0.558. The summed E-state index contributed by atoms with van der Waals surface area (Å²) in [5.41, 5.74) is 6.22. The Morgan fingerprint density at radius 1 is 1.08 bits per heavy atom. The van der Waals surface area contributed by atoms with Gasteiger partial charge in [0.25, 0.3) is 0 Å². The number of benzene rings is 1. The van der Waals surface area contributed by atoms with Crippen LogP contribution in [-0.2, 0) is 25.5 Å². The second kappa shape index (κ2) is 10.5. The van der Waals surface area contributed by atoms with Gasteiger partial charge in [-0.3, -0.25) is 9.59 Å². The molecule has 2 amide bonds. The van der Waals surface area contributed by atoms with Crippen LogP contribution in [0, 0.1) is 5.92 Å². The maximum absolute atomic E-state index is 12.6. The second-order valence-corrected chi connectivity index (χ2v) is 6.23. The van der Waals surface area contributed by atoms with Crippen molar-refractivity contribution in [2.75, 3.05) is 13.7 Å². The van der Waals surface area contributed by atoms with E-state index in [1.165, 1.54) is 7.11 Å². The minimum Gasteiger partial charge on any atom is -0.467 e. The van der Waals surface area contributed by atoms with Gasteiger partial charge in [-0.15, -0.1) is 0 Å². The molecule has 4 N–H and O–H groups in total. The Morgan fingerprint density at radius 2 is 1.72 bits per heavy atom. The maximum Gasteiger partial charge on any atom is 0.328 e. The first kappa shape index (κ1) is 20.6. The van der Waals surface area contributed by atoms with Gasteiger partial charge in [-0.05, 0) is 17.9 Å². The average molecular weight is 349 g/mol. The van der Waals surface area contributed by atoms with Crippen molar-refractivity contribution in [2.45, 2.75) is 38.8 Å². The number of esters is 1. The molecule has 1 rings (SSSR count). The molecule has 0 saturated heterocycles. The van der Waals surface area contributed by atoms with E-state index < -0.39 is 29.9 Å². The van der Waals surface area contributed by atoms with Gasteiger partial charge in [0.2, 0.25) is 11.8 Å². The molecule has 0 radical (unpaired) electrons. The minimum absolute atomic E-state index is 0.190. The highest BCUT2D eigenvalue weighted by Gasteiger charge is 2.27. The molecule has 7 heteroatoms. The summed E-state index contributed by atoms with van der Waals surface area (Å²) in [5.74, 6) is -1.20. The number of methoxy groups -OCH3 is 1. The fourth-order valence-corrected chi connectivity index (χ4v) is 2.41. The van der Waals surface area contributed by atoms with Crippen LogP contribution in [0.25, 0.3) is 0 Å². The highest BCUT2D eigenvalue weighted by molar-refractivity contribution is 5.91. The first-order valence-electron chi connectivity index (χ1n) is 8.28. The van der Waals surface area contributed by atoms with Gasteiger partial charge in [0.1, 0.15) is 12.1 Å². The molecule has 0 aliphatic carbocycles. The van der Waals surface area contributed by atoms with E-state index in [1.54, 1.807) is 0 Å². The molecule has 2 unspecified atom stereocenters. The van der Waals surface area contributed by atoms with Gasteiger partial charge in [-0.2, -0.15) is 0 Å². The highest BCUT2D eigenvalue weighted by Crippen LogP contribution is 2.08. The lowest BCUT2D eigenvalue weighted by Gasteiger charge is -2.23. The minimum atomic E-state index is -0.822. The van der Waals surface area contributed by atoms with Gasteiger partial charge in [0, 0.05) is 6.42 Å². The average Bonchev–Trinajstić information content (AvgIpc) is 2.60. The first-order chi connectivity index (χ1) is 11.9. The fourth-order valence-electron chi connectivity index (χ4n) is 2.41. The molecule has 1 aromatic carbocycles. The van der Waals surface area contributed by atoms with Gasteiger partial charge in [-0.1, -0.05) is 44.2 Å². The van der Waals surface area contributed by atoms with E-state index in [0.29, 0.717) is 12.8 Å². The number of rotatable bonds is 9. The van der Waals surface area contributed by atoms with Crippen molar-refractivity contribution in [1.29, 1.82) is 0 Å². The second-order valence-electron chi connectivity index (χ2n) is 6.23. The highest BCUT2D eigenvalue weighted by atomic mass is 16.5. The fraction of sp³-hybridized carbons (Fsp3) is 0.500. The predicted molar refractivity (Wildman–Crippen MR) is 94.5 cm³/mol. The van der Waals surface area contributed by atoms with Gasteiger partial charge >= 0.3 is 5.97 Å². The van der Waals surface area contributed by atoms with Gasteiger partial charge in [0.05, 0.1) is 13.7 Å². The summed E-state index contributed by atoms with van der Waals surface area (Å²) in [7, 11) is 1.28. The molecular weight excluding hydrogens is 322 g/mol. The number of hydrogen-bond acceptors (Lipinski definition) is 5. The number of nitrogens with two attached hydrogens (primary N) is 1. The Labute approximate surface area is 148 Å². The van der Waals surface area contributed by atoms with Crippen molar-refractivity contribution in [3.63, 3.8) is 0 Å². The van der Waals surface area contributed by atoms with Crippen molar-refractivity contribution in [3.8, 4) is 0 Å². The monoisotopic (exact) mass is 349 g/mol. The number of hydrogen-bond donors (Lipinski definition) is 3. The lowest BCUT2D eigenvalue weighted by molar-refractivity contribution is -0.145. The molecule has 7 nitrogen and oxygen atoms in total. The zero-order chi connectivity index (χ0) is 18.8. The number of amides is 2. The standard InChI is InChI=1S/C18H27N3O4/c1-12(2)9-15(18(24)25-3)21-17(23)14(20-16(22)11-19)10-13-7-5-4-6-8-13/h4-8,12,14-15H,9-11,19H2,1-3H3,(H,20,22)(H,21,23). The summed E-state index contributed by atoms with van der Waals surface area (Å²) in [6.45, 7) is 3.67. The zero-order valence-corrected chi connectivity index (χ0v) is 15.0. The molecule has 0 fully saturated rings. The molecule has 138 valence electrons. The molecule has 0 aromatic heterocycles. The van der Waals surface area contributed by atoms with Gasteiger partial charge in [0.15, 0.2) is 0 Å². The molecule has 0 spiro atoms. The topological polar surface area (TPSA) is 111 Å². The molecule has 0 saturated carbocycles. The lowest BCUT2D eigenvalue weighted by Crippen LogP contribution is -2.53. The third kappa shape index (κ3) is 7.34. The van der Waals surface area contributed by atoms with Crippen molar-refractivity contribution < 1.29 is 19.1 Å². The van der Waals surface area contributed by atoms with E-state index >= 15 is 0 Å². The van der Waals surface area contributed by atoms with Crippen molar-refractivity contribution in [1.82, 2.24) is 10.6 Å². The molecule has 2 atom stereocenters. The normalized spacial score (nSPS) is 13.0. The van der Waals surface area contributed by atoms with Crippen LogP contribution in [0.5, 0.6) is 0 Å². The molecule has 25 heavy (non-hydrogen) atoms. The third-order valence-corrected chi connectivity index (χ3v) is 3.63. The third-order valence-electron chi connectivity index (χ3n) is 3.63. The van der Waals surface area contributed by atoms with Crippen molar-refractivity contribution in [3.05, 3.63) is 35.9 Å². The molecular formula is C18H27N3O4. The Morgan fingerprint density at radius 3 is 2.24 bits per heavy atom. The Balaban J connectivity index is 2.88. The Bertz CT molecular complexity index is 575. The molecule has 0 bridgehead atoms. The van der Waals surface area contributed by atoms with Crippen LogP contribution in [0.3, 0.4) is 0 Å². The Kier molecular flexibility index (Phi) is 8.63. The van der Waals surface area contributed by atoms with E-state index in [0.717, 1.165) is 5.56 Å². The van der Waals surface area contributed by atoms with E-state index in [1.807, 2.05) is 44.2 Å². The van der Waals surface area contributed by atoms with E-state index in [-0.39, 0.29) is 12.5 Å². The number of ether oxygens (including phenoxy) is 1. The van der Waals surface area contributed by atoms with Crippen LogP contribution >= 0.6 is 0 Å². The number of carbonyl (C=O) groups is 3. The summed E-state index contributed by atoms with van der Waals surface area (Å²) in [6.07, 6.45) is 0.745. The van der Waals surface area contributed by atoms with Gasteiger partial charge < -0.3 is 21.1 Å². The van der Waals surface area contributed by atoms with Crippen molar-refractivity contribution >= 4 is 17.8 Å². The molecule has 0 aliphatic rings. The Hall–Kier alpha value is -2.41. The first-order valence-corrected chi connectivity index (χ1v) is 8.28. The van der Waals surface area contributed by atoms with Crippen LogP contribution in [0.15, 0.2) is 30.3 Å². The van der Waals surface area contributed by atoms with Crippen LogP contribution in [-0.4, -0.2) is 43.5 Å². The predicted octanol–water partition coefficient (Wildman–Crippen LogP) is 0.377. The summed E-state index contributed by atoms with van der Waals surface area (Å²) in [4.78, 5) is 36.2. The van der Waals surface area contributed by atoms with Gasteiger partial charge in [-0.25, -0.2) is 4.79 Å². The van der Waals surface area contributed by atoms with Crippen LogP contribution in [0.1, 0.15) is 25.8 Å². The van der Waals surface area contributed by atoms with Crippen molar-refractivity contribution in [2.24, 2.45) is 11.7 Å². The summed E-state index contributed by atoms with van der Waals surface area (Å²) >= 11 is 0. The molecule has 1 aromatic rings. The maximum atomic E-state index is 12.6. The van der Waals surface area contributed by atoms with Crippen LogP contribution in [0.4, 0.5) is 0 Å². The lowest BCUT2D eigenvalue weighted by atomic mass is 10.0. The summed E-state index contributed by atoms with van der Waals surface area (Å²) in [6, 6.07) is 7.72. The smallest absolute Gasteiger partial charge is 0.328 e. The largest absolute Gasteiger partial charge is 0.467 e. The van der Waals surface area contributed by atoms with Crippen LogP contribution < -0.4 is 16.4 Å². The summed E-state index contributed by atoms with van der Waals surface area (Å²) < 4.78 is 4.75. The zero-order valence-electron chi connectivity index (χ0n) is 15.0. The number of nitrogens with one attached hydrogen (secondary N) is 2. The summed E-state index contributed by atoms with van der Waals surface area (Å²) in [5, 5.41) is 5.28. The molecule has 0 heterocycles. The van der Waals surface area contributed by atoms with E-state index in [9.17, 15) is 14.4 Å². The van der Waals surface area contributed by atoms with E-state index in [2.05, 4.69) is 10.6 Å². The SMILES string of the molecule is COC(=O)C(CC(C)C)NC(=O)C(Cc1ccccc1)NC(=O)CN. The number of carbonyl (C=O) groups excluding carboxylic acids is 3. The molecule has 0 aliphatic heterocycles. The van der Waals surface area contributed by atoms with E-state index in [4.69, 9.17) is 10.5 Å². The van der Waals surface area contributed by atoms with Crippen LogP contribution in [0.2, 0.25) is 0 Å².